The van der Waals surface area contributed by atoms with Crippen LogP contribution in [0.4, 0.5) is 0 Å². The zero-order valence-electron chi connectivity index (χ0n) is 16.4. The molecule has 0 aliphatic carbocycles. The number of hydrogen-bond donors (Lipinski definition) is 2. The summed E-state index contributed by atoms with van der Waals surface area (Å²) in [6.07, 6.45) is 2.53. The molecule has 1 aliphatic heterocycles. The second kappa shape index (κ2) is 9.66. The van der Waals surface area contributed by atoms with Gasteiger partial charge in [-0.25, -0.2) is 4.79 Å². The maximum Gasteiger partial charge on any atom is 0.337 e. The molecular weight excluding hydrogens is 372 g/mol. The summed E-state index contributed by atoms with van der Waals surface area (Å²) in [6.45, 7) is 3.12. The molecule has 0 radical (unpaired) electrons. The van der Waals surface area contributed by atoms with Crippen molar-refractivity contribution >= 4 is 23.2 Å². The Kier molecular flexibility index (Phi) is 7.01. The number of carbonyl (C=O) groups excluding carboxylic acids is 1. The van der Waals surface area contributed by atoms with Gasteiger partial charge in [0.15, 0.2) is 0 Å². The van der Waals surface area contributed by atoms with Crippen molar-refractivity contribution in [2.24, 2.45) is 0 Å². The lowest BCUT2D eigenvalue weighted by molar-refractivity contribution is -0.918. The quantitative estimate of drug-likeness (QED) is 0.552. The SMILES string of the molecule is COC(=O)c1ccc(C(=S)NC[C@H](c2ccc(OC)cc2)[NH+]2CCCC2)cc1. The first-order chi connectivity index (χ1) is 13.6. The molecule has 2 aromatic rings. The number of nitrogens with one attached hydrogen (secondary N) is 2. The van der Waals surface area contributed by atoms with Crippen molar-refractivity contribution in [1.29, 1.82) is 0 Å². The van der Waals surface area contributed by atoms with E-state index in [1.54, 1.807) is 24.1 Å². The van der Waals surface area contributed by atoms with Crippen LogP contribution in [-0.2, 0) is 4.74 Å². The number of thiocarbonyl (C=S) groups is 1. The minimum absolute atomic E-state index is 0.334. The number of carbonyl (C=O) groups is 1. The van der Waals surface area contributed by atoms with Crippen LogP contribution in [-0.4, -0.2) is 44.8 Å². The summed E-state index contributed by atoms with van der Waals surface area (Å²) < 4.78 is 10.0. The predicted octanol–water partition coefficient (Wildman–Crippen LogP) is 2.17. The van der Waals surface area contributed by atoms with Gasteiger partial charge in [0.2, 0.25) is 0 Å². The van der Waals surface area contributed by atoms with Crippen molar-refractivity contribution in [2.75, 3.05) is 33.9 Å². The second-order valence-electron chi connectivity index (χ2n) is 6.97. The Morgan fingerprint density at radius 1 is 1.04 bits per heavy atom. The van der Waals surface area contributed by atoms with Crippen molar-refractivity contribution < 1.29 is 19.2 Å². The van der Waals surface area contributed by atoms with Crippen LogP contribution in [0.1, 0.15) is 40.4 Å². The van der Waals surface area contributed by atoms with E-state index in [9.17, 15) is 4.79 Å². The minimum atomic E-state index is -0.345. The molecule has 6 heteroatoms. The van der Waals surface area contributed by atoms with E-state index in [1.165, 1.54) is 38.6 Å². The molecule has 2 N–H and O–H groups in total. The molecule has 148 valence electrons. The normalized spacial score (nSPS) is 15.1. The smallest absolute Gasteiger partial charge is 0.337 e. The van der Waals surface area contributed by atoms with Crippen molar-refractivity contribution in [3.05, 3.63) is 65.2 Å². The summed E-state index contributed by atoms with van der Waals surface area (Å²) in [5.41, 5.74) is 2.70. The van der Waals surface area contributed by atoms with Crippen LogP contribution in [0.15, 0.2) is 48.5 Å². The molecule has 0 spiro atoms. The Labute approximate surface area is 171 Å². The van der Waals surface area contributed by atoms with Crippen LogP contribution in [0, 0.1) is 0 Å². The van der Waals surface area contributed by atoms with Crippen LogP contribution >= 0.6 is 12.2 Å². The maximum absolute atomic E-state index is 11.6. The first kappa shape index (κ1) is 20.3. The molecule has 0 amide bonds. The van der Waals surface area contributed by atoms with Gasteiger partial charge in [-0.05, 0) is 36.4 Å². The molecule has 1 fully saturated rings. The number of benzene rings is 2. The standard InChI is InChI=1S/C22H26N2O3S/c1-26-19-11-9-16(10-12-19)20(24-13-3-4-14-24)15-23-21(28)17-5-7-18(8-6-17)22(25)27-2/h5-12,20H,3-4,13-15H2,1-2H3,(H,23,28)/p+1/t20-/m1/s1. The molecule has 0 saturated carbocycles. The van der Waals surface area contributed by atoms with Gasteiger partial charge in [0.05, 0.1) is 39.4 Å². The summed E-state index contributed by atoms with van der Waals surface area (Å²) in [6, 6.07) is 15.8. The first-order valence-electron chi connectivity index (χ1n) is 9.57. The fraction of sp³-hybridized carbons (Fsp3) is 0.364. The summed E-state index contributed by atoms with van der Waals surface area (Å²) >= 11 is 5.58. The number of hydrogen-bond acceptors (Lipinski definition) is 4. The van der Waals surface area contributed by atoms with E-state index in [-0.39, 0.29) is 5.97 Å². The van der Waals surface area contributed by atoms with Crippen LogP contribution in [0.25, 0.3) is 0 Å². The van der Waals surface area contributed by atoms with Gasteiger partial charge in [-0.1, -0.05) is 24.4 Å². The third kappa shape index (κ3) is 4.88. The lowest BCUT2D eigenvalue weighted by Gasteiger charge is -2.26. The molecule has 1 heterocycles. The zero-order chi connectivity index (χ0) is 19.9. The van der Waals surface area contributed by atoms with E-state index in [0.717, 1.165) is 17.9 Å². The van der Waals surface area contributed by atoms with E-state index < -0.39 is 0 Å². The summed E-state index contributed by atoms with van der Waals surface area (Å²) in [7, 11) is 3.06. The number of methoxy groups -OCH3 is 2. The molecular formula is C22H27N2O3S+. The minimum Gasteiger partial charge on any atom is -0.497 e. The van der Waals surface area contributed by atoms with E-state index in [2.05, 4.69) is 17.4 Å². The predicted molar refractivity (Wildman–Crippen MR) is 113 cm³/mol. The molecule has 1 aliphatic rings. The highest BCUT2D eigenvalue weighted by Crippen LogP contribution is 2.17. The number of quaternary nitrogens is 1. The van der Waals surface area contributed by atoms with Crippen molar-refractivity contribution in [2.45, 2.75) is 18.9 Å². The lowest BCUT2D eigenvalue weighted by atomic mass is 10.0. The van der Waals surface area contributed by atoms with Gasteiger partial charge in [0.1, 0.15) is 16.8 Å². The van der Waals surface area contributed by atoms with Crippen LogP contribution in [0.3, 0.4) is 0 Å². The van der Waals surface area contributed by atoms with E-state index in [1.807, 2.05) is 24.3 Å². The van der Waals surface area contributed by atoms with Gasteiger partial charge < -0.3 is 19.7 Å². The summed E-state index contributed by atoms with van der Waals surface area (Å²) in [5.74, 6) is 0.524. The molecule has 3 rings (SSSR count). The molecule has 0 unspecified atom stereocenters. The Hall–Kier alpha value is -2.44. The van der Waals surface area contributed by atoms with E-state index >= 15 is 0 Å². The highest BCUT2D eigenvalue weighted by Gasteiger charge is 2.27. The van der Waals surface area contributed by atoms with Gasteiger partial charge in [0, 0.05) is 24.0 Å². The van der Waals surface area contributed by atoms with E-state index in [4.69, 9.17) is 21.7 Å². The summed E-state index contributed by atoms with van der Waals surface area (Å²) in [4.78, 5) is 13.8. The van der Waals surface area contributed by atoms with Gasteiger partial charge in [-0.15, -0.1) is 0 Å². The Balaban J connectivity index is 1.68. The Bertz CT molecular complexity index is 800. The molecule has 28 heavy (non-hydrogen) atoms. The average Bonchev–Trinajstić information content (AvgIpc) is 3.28. The van der Waals surface area contributed by atoms with Crippen molar-refractivity contribution in [3.8, 4) is 5.75 Å². The molecule has 2 aromatic carbocycles. The lowest BCUT2D eigenvalue weighted by Crippen LogP contribution is -3.11. The third-order valence-electron chi connectivity index (χ3n) is 5.29. The van der Waals surface area contributed by atoms with Crippen LogP contribution < -0.4 is 15.0 Å². The molecule has 1 atom stereocenters. The molecule has 0 bridgehead atoms. The Morgan fingerprint density at radius 3 is 2.21 bits per heavy atom. The molecule has 5 nitrogen and oxygen atoms in total. The number of likely N-dealkylation sites (tertiary alicyclic amines) is 1. The topological polar surface area (TPSA) is 52.0 Å². The highest BCUT2D eigenvalue weighted by atomic mass is 32.1. The second-order valence-corrected chi connectivity index (χ2v) is 7.38. The maximum atomic E-state index is 11.6. The zero-order valence-corrected chi connectivity index (χ0v) is 17.2. The van der Waals surface area contributed by atoms with Crippen LogP contribution in [0.5, 0.6) is 5.75 Å². The van der Waals surface area contributed by atoms with Gasteiger partial charge >= 0.3 is 5.97 Å². The number of rotatable bonds is 7. The highest BCUT2D eigenvalue weighted by molar-refractivity contribution is 7.80. The monoisotopic (exact) mass is 399 g/mol. The van der Waals surface area contributed by atoms with Crippen molar-refractivity contribution in [1.82, 2.24) is 5.32 Å². The van der Waals surface area contributed by atoms with Gasteiger partial charge in [-0.2, -0.15) is 0 Å². The largest absolute Gasteiger partial charge is 0.497 e. The number of ether oxygens (including phenoxy) is 2. The first-order valence-corrected chi connectivity index (χ1v) is 9.98. The number of esters is 1. The average molecular weight is 400 g/mol. The molecule has 1 saturated heterocycles. The van der Waals surface area contributed by atoms with Crippen molar-refractivity contribution in [3.63, 3.8) is 0 Å². The fourth-order valence-electron chi connectivity index (χ4n) is 3.68. The third-order valence-corrected chi connectivity index (χ3v) is 5.67. The van der Waals surface area contributed by atoms with Crippen LogP contribution in [0.2, 0.25) is 0 Å². The summed E-state index contributed by atoms with van der Waals surface area (Å²) in [5, 5.41) is 3.43. The Morgan fingerprint density at radius 2 is 1.64 bits per heavy atom. The van der Waals surface area contributed by atoms with E-state index in [0.29, 0.717) is 16.6 Å². The fourth-order valence-corrected chi connectivity index (χ4v) is 3.90. The molecule has 0 aromatic heterocycles. The van der Waals surface area contributed by atoms with Gasteiger partial charge in [-0.3, -0.25) is 0 Å². The van der Waals surface area contributed by atoms with Gasteiger partial charge in [0.25, 0.3) is 0 Å².